The lowest BCUT2D eigenvalue weighted by molar-refractivity contribution is -0.317. The summed E-state index contributed by atoms with van der Waals surface area (Å²) in [6.07, 6.45) is -2.03. The zero-order valence-electron chi connectivity index (χ0n) is 13.3. The Balaban J connectivity index is 2.28. The molecule has 0 heterocycles. The van der Waals surface area contributed by atoms with Crippen LogP contribution in [0.25, 0.3) is 0 Å². The van der Waals surface area contributed by atoms with Crippen LogP contribution in [-0.2, 0) is 9.53 Å². The van der Waals surface area contributed by atoms with Crippen LogP contribution in [0, 0.1) is 11.8 Å². The standard InChI is InChI=1S/C15H16F8O2/c1-3-10(25-7(2)24)6-8-4-5-9(10)12(17)11(8,16)13(18,19)15(22,23)14(12,20)21/h8-9H,3-6H2,1-2H3. The zero-order valence-corrected chi connectivity index (χ0v) is 13.3. The summed E-state index contributed by atoms with van der Waals surface area (Å²) in [6, 6.07) is 0. The molecule has 5 atom stereocenters. The number of hydrogen-bond acceptors (Lipinski definition) is 2. The van der Waals surface area contributed by atoms with Crippen molar-refractivity contribution in [3.63, 3.8) is 0 Å². The van der Waals surface area contributed by atoms with Crippen molar-refractivity contribution in [2.45, 2.75) is 74.2 Å². The average molecular weight is 380 g/mol. The Labute approximate surface area is 137 Å². The predicted molar refractivity (Wildman–Crippen MR) is 68.1 cm³/mol. The maximum absolute atomic E-state index is 15.5. The Bertz CT molecular complexity index is 623. The number of alkyl halides is 8. The number of halogens is 8. The number of esters is 1. The summed E-state index contributed by atoms with van der Waals surface area (Å²) in [6.45, 7) is 2.21. The highest BCUT2D eigenvalue weighted by atomic mass is 19.4. The molecule has 4 fully saturated rings. The first-order valence-corrected chi connectivity index (χ1v) is 7.88. The monoisotopic (exact) mass is 380 g/mol. The van der Waals surface area contributed by atoms with E-state index in [1.54, 1.807) is 0 Å². The van der Waals surface area contributed by atoms with Gasteiger partial charge in [-0.1, -0.05) is 6.92 Å². The van der Waals surface area contributed by atoms with Crippen molar-refractivity contribution < 1.29 is 44.7 Å². The van der Waals surface area contributed by atoms with E-state index in [0.717, 1.165) is 6.92 Å². The van der Waals surface area contributed by atoms with E-state index in [4.69, 9.17) is 4.74 Å². The summed E-state index contributed by atoms with van der Waals surface area (Å²) in [7, 11) is 0. The van der Waals surface area contributed by atoms with Gasteiger partial charge in [0.1, 0.15) is 5.60 Å². The van der Waals surface area contributed by atoms with Gasteiger partial charge in [-0.25, -0.2) is 8.78 Å². The maximum Gasteiger partial charge on any atom is 0.378 e. The lowest BCUT2D eigenvalue weighted by Gasteiger charge is -2.61. The van der Waals surface area contributed by atoms with Gasteiger partial charge in [-0.15, -0.1) is 0 Å². The van der Waals surface area contributed by atoms with Crippen molar-refractivity contribution in [2.75, 3.05) is 0 Å². The molecule has 10 heteroatoms. The zero-order chi connectivity index (χ0) is 19.3. The Morgan fingerprint density at radius 2 is 1.44 bits per heavy atom. The smallest absolute Gasteiger partial charge is 0.378 e. The van der Waals surface area contributed by atoms with Crippen LogP contribution >= 0.6 is 0 Å². The minimum atomic E-state index is -6.20. The fraction of sp³-hybridized carbons (Fsp3) is 0.933. The number of carbonyl (C=O) groups excluding carboxylic acids is 1. The molecular weight excluding hydrogens is 364 g/mol. The molecule has 0 aliphatic heterocycles. The van der Waals surface area contributed by atoms with Crippen LogP contribution in [0.1, 0.15) is 39.5 Å². The molecule has 0 N–H and O–H groups in total. The average Bonchev–Trinajstić information content (AvgIpc) is 2.56. The van der Waals surface area contributed by atoms with E-state index in [1.807, 2.05) is 0 Å². The number of ether oxygens (including phenoxy) is 1. The molecule has 25 heavy (non-hydrogen) atoms. The molecule has 144 valence electrons. The number of rotatable bonds is 2. The van der Waals surface area contributed by atoms with Crippen LogP contribution in [0.3, 0.4) is 0 Å². The van der Waals surface area contributed by atoms with Crippen LogP contribution in [0.2, 0.25) is 0 Å². The van der Waals surface area contributed by atoms with Crippen molar-refractivity contribution in [3.8, 4) is 0 Å². The fourth-order valence-corrected chi connectivity index (χ4v) is 5.19. The van der Waals surface area contributed by atoms with E-state index >= 15 is 8.78 Å². The van der Waals surface area contributed by atoms with Gasteiger partial charge in [-0.3, -0.25) is 4.79 Å². The highest BCUT2D eigenvalue weighted by molar-refractivity contribution is 5.67. The van der Waals surface area contributed by atoms with Gasteiger partial charge in [0.25, 0.3) is 0 Å². The Morgan fingerprint density at radius 1 is 0.920 bits per heavy atom. The Hall–Kier alpha value is -1.09. The fourth-order valence-electron chi connectivity index (χ4n) is 5.19. The maximum atomic E-state index is 15.5. The van der Waals surface area contributed by atoms with Crippen molar-refractivity contribution in [3.05, 3.63) is 0 Å². The number of carbonyl (C=O) groups is 1. The minimum absolute atomic E-state index is 0.289. The quantitative estimate of drug-likeness (QED) is 0.522. The van der Waals surface area contributed by atoms with Gasteiger partial charge in [-0.2, -0.15) is 26.3 Å². The van der Waals surface area contributed by atoms with Crippen LogP contribution in [0.5, 0.6) is 0 Å². The third-order valence-electron chi connectivity index (χ3n) is 6.25. The molecule has 5 unspecified atom stereocenters. The van der Waals surface area contributed by atoms with E-state index in [9.17, 15) is 31.1 Å². The van der Waals surface area contributed by atoms with Crippen LogP contribution in [0.15, 0.2) is 0 Å². The van der Waals surface area contributed by atoms with E-state index in [2.05, 4.69) is 0 Å². The lowest BCUT2D eigenvalue weighted by atomic mass is 9.49. The van der Waals surface area contributed by atoms with Gasteiger partial charge in [-0.05, 0) is 25.7 Å². The first-order valence-electron chi connectivity index (χ1n) is 7.88. The molecule has 2 bridgehead atoms. The SMILES string of the molecule is CCC1(OC(C)=O)CC2CCC1C1(F)C(F)(F)C(F)(F)C(F)(F)C21F. The van der Waals surface area contributed by atoms with Gasteiger partial charge in [0, 0.05) is 18.8 Å². The highest BCUT2D eigenvalue weighted by Gasteiger charge is 3.03. The van der Waals surface area contributed by atoms with E-state index in [-0.39, 0.29) is 6.42 Å². The summed E-state index contributed by atoms with van der Waals surface area (Å²) in [5.74, 6) is -23.5. The largest absolute Gasteiger partial charge is 0.459 e. The number of hydrogen-bond donors (Lipinski definition) is 0. The van der Waals surface area contributed by atoms with E-state index < -0.39 is 71.8 Å². The molecular formula is C15H16F8O2. The third-order valence-corrected chi connectivity index (χ3v) is 6.25. The first kappa shape index (κ1) is 18.7. The van der Waals surface area contributed by atoms with Gasteiger partial charge in [0.05, 0.1) is 0 Å². The third kappa shape index (κ3) is 1.57. The molecule has 4 aliphatic carbocycles. The molecule has 4 aliphatic rings. The van der Waals surface area contributed by atoms with Crippen molar-refractivity contribution >= 4 is 5.97 Å². The molecule has 0 aromatic heterocycles. The van der Waals surface area contributed by atoms with E-state index in [0.29, 0.717) is 0 Å². The lowest BCUT2D eigenvalue weighted by Crippen LogP contribution is -2.76. The van der Waals surface area contributed by atoms with Gasteiger partial charge < -0.3 is 4.74 Å². The molecule has 0 radical (unpaired) electrons. The van der Waals surface area contributed by atoms with Crippen molar-refractivity contribution in [1.29, 1.82) is 0 Å². The van der Waals surface area contributed by atoms with Crippen LogP contribution in [0.4, 0.5) is 35.1 Å². The summed E-state index contributed by atoms with van der Waals surface area (Å²) in [4.78, 5) is 11.3. The van der Waals surface area contributed by atoms with Crippen molar-refractivity contribution in [2.24, 2.45) is 11.8 Å². The van der Waals surface area contributed by atoms with Gasteiger partial charge in [0.15, 0.2) is 0 Å². The molecule has 0 aromatic rings. The predicted octanol–water partition coefficient (Wildman–Crippen LogP) is 4.46. The molecule has 0 aromatic carbocycles. The molecule has 0 amide bonds. The second-order valence-electron chi connectivity index (χ2n) is 7.19. The number of fused-ring (bicyclic) bond motifs is 2. The summed E-state index contributed by atoms with van der Waals surface area (Å²) >= 11 is 0. The summed E-state index contributed by atoms with van der Waals surface area (Å²) < 4.78 is 120. The van der Waals surface area contributed by atoms with Crippen LogP contribution in [-0.4, -0.2) is 40.7 Å². The van der Waals surface area contributed by atoms with Gasteiger partial charge in [0.2, 0.25) is 11.3 Å². The van der Waals surface area contributed by atoms with Crippen LogP contribution < -0.4 is 0 Å². The first-order chi connectivity index (χ1) is 11.2. The molecule has 4 saturated carbocycles. The Morgan fingerprint density at radius 3 is 1.92 bits per heavy atom. The molecule has 4 rings (SSSR count). The summed E-state index contributed by atoms with van der Waals surface area (Å²) in [5, 5.41) is 0. The molecule has 0 saturated heterocycles. The van der Waals surface area contributed by atoms with E-state index in [1.165, 1.54) is 6.92 Å². The Kier molecular flexibility index (Phi) is 3.44. The molecule has 2 nitrogen and oxygen atoms in total. The second kappa shape index (κ2) is 4.60. The second-order valence-corrected chi connectivity index (χ2v) is 7.19. The summed E-state index contributed by atoms with van der Waals surface area (Å²) in [5.41, 5.74) is -11.6. The van der Waals surface area contributed by atoms with Crippen molar-refractivity contribution in [1.82, 2.24) is 0 Å². The minimum Gasteiger partial charge on any atom is -0.459 e. The van der Waals surface area contributed by atoms with Gasteiger partial charge >= 0.3 is 23.7 Å². The highest BCUT2D eigenvalue weighted by Crippen LogP contribution is 2.79. The normalized spacial score (nSPS) is 48.9. The topological polar surface area (TPSA) is 26.3 Å². The molecule has 0 spiro atoms.